The van der Waals surface area contributed by atoms with Gasteiger partial charge in [-0.05, 0) is 18.1 Å². The molecule has 0 radical (unpaired) electrons. The monoisotopic (exact) mass is 312 g/mol. The molecule has 2 aromatic rings. The molecule has 116 valence electrons. The third-order valence-corrected chi connectivity index (χ3v) is 2.87. The number of H-pyrrole nitrogens is 1. The number of aromatic amines is 1. The smallest absolute Gasteiger partial charge is 0.252 e. The molecule has 0 unspecified atom stereocenters. The van der Waals surface area contributed by atoms with Gasteiger partial charge in [0.25, 0.3) is 5.91 Å². The average molecular weight is 312 g/mol. The summed E-state index contributed by atoms with van der Waals surface area (Å²) in [6.07, 6.45) is 2.52. The summed E-state index contributed by atoms with van der Waals surface area (Å²) in [6.45, 7) is 0. The number of rotatable bonds is 5. The molecule has 0 aliphatic carbocycles. The Morgan fingerprint density at radius 1 is 1.27 bits per heavy atom. The van der Waals surface area contributed by atoms with Crippen molar-refractivity contribution in [3.8, 4) is 0 Å². The Balaban J connectivity index is 2.15. The largest absolute Gasteiger partial charge is 0.365 e. The molecule has 22 heavy (non-hydrogen) atoms. The highest BCUT2D eigenvalue weighted by atomic mass is 19.2. The van der Waals surface area contributed by atoms with Gasteiger partial charge in [0, 0.05) is 18.8 Å². The minimum Gasteiger partial charge on any atom is -0.365 e. The van der Waals surface area contributed by atoms with Crippen molar-refractivity contribution in [1.29, 1.82) is 0 Å². The van der Waals surface area contributed by atoms with Crippen LogP contribution in [0, 0.1) is 17.5 Å². The molecule has 0 aliphatic heterocycles. The molecular formula is C13H11F3N4O2. The van der Waals surface area contributed by atoms with Gasteiger partial charge in [-0.25, -0.2) is 18.2 Å². The number of hydrogen-bond acceptors (Lipinski definition) is 3. The number of nitrogens with one attached hydrogen (secondary N) is 2. The van der Waals surface area contributed by atoms with Crippen molar-refractivity contribution >= 4 is 17.8 Å². The lowest BCUT2D eigenvalue weighted by molar-refractivity contribution is -0.116. The number of halogens is 3. The fraction of sp³-hybridized carbons (Fsp3) is 0.154. The molecule has 4 N–H and O–H groups in total. The number of aryl methyl sites for hydroxylation is 1. The van der Waals surface area contributed by atoms with Crippen molar-refractivity contribution in [3.63, 3.8) is 0 Å². The molecule has 1 heterocycles. The molecule has 1 aromatic carbocycles. The zero-order chi connectivity index (χ0) is 16.3. The first kappa shape index (κ1) is 15.5. The van der Waals surface area contributed by atoms with Crippen LogP contribution in [0.4, 0.5) is 19.1 Å². The van der Waals surface area contributed by atoms with Crippen LogP contribution in [0.25, 0.3) is 0 Å². The molecule has 0 saturated heterocycles. The molecule has 0 spiro atoms. The molecule has 6 nitrogen and oxygen atoms in total. The standard InChI is InChI=1S/C13H11F3N4O2/c14-7-5-6(9(12(17)22)11(16)10(7)15)1-2-8(21)20-13-18-3-4-19-13/h3-5H,1-2H2,(H2,17,22)(H2,18,19,20,21). The normalized spacial score (nSPS) is 10.5. The number of benzene rings is 1. The summed E-state index contributed by atoms with van der Waals surface area (Å²) in [5.74, 6) is -6.43. The van der Waals surface area contributed by atoms with Gasteiger partial charge in [-0.1, -0.05) is 0 Å². The van der Waals surface area contributed by atoms with Crippen LogP contribution in [0.5, 0.6) is 0 Å². The summed E-state index contributed by atoms with van der Waals surface area (Å²) in [6, 6.07) is 0.651. The van der Waals surface area contributed by atoms with E-state index in [9.17, 15) is 22.8 Å². The van der Waals surface area contributed by atoms with Gasteiger partial charge in [0.05, 0.1) is 5.56 Å². The van der Waals surface area contributed by atoms with E-state index < -0.39 is 34.8 Å². The summed E-state index contributed by atoms with van der Waals surface area (Å²) < 4.78 is 39.9. The van der Waals surface area contributed by atoms with Crippen LogP contribution < -0.4 is 11.1 Å². The molecule has 9 heteroatoms. The molecule has 0 saturated carbocycles. The van der Waals surface area contributed by atoms with Crippen molar-refractivity contribution in [2.75, 3.05) is 5.32 Å². The fourth-order valence-electron chi connectivity index (χ4n) is 1.88. The lowest BCUT2D eigenvalue weighted by Crippen LogP contribution is -2.20. The number of imidazole rings is 1. The quantitative estimate of drug-likeness (QED) is 0.729. The predicted molar refractivity (Wildman–Crippen MR) is 70.4 cm³/mol. The van der Waals surface area contributed by atoms with Gasteiger partial charge < -0.3 is 10.7 Å². The lowest BCUT2D eigenvalue weighted by atomic mass is 10.0. The molecule has 0 atom stereocenters. The third kappa shape index (κ3) is 3.25. The van der Waals surface area contributed by atoms with Gasteiger partial charge in [-0.2, -0.15) is 0 Å². The average Bonchev–Trinajstić information content (AvgIpc) is 2.94. The Morgan fingerprint density at radius 2 is 2.00 bits per heavy atom. The highest BCUT2D eigenvalue weighted by Gasteiger charge is 2.22. The van der Waals surface area contributed by atoms with Gasteiger partial charge >= 0.3 is 0 Å². The van der Waals surface area contributed by atoms with E-state index in [1.807, 2.05) is 0 Å². The van der Waals surface area contributed by atoms with Crippen LogP contribution in [0.2, 0.25) is 0 Å². The minimum absolute atomic E-state index is 0.182. The Hall–Kier alpha value is -2.84. The zero-order valence-corrected chi connectivity index (χ0v) is 11.1. The van der Waals surface area contributed by atoms with E-state index in [1.54, 1.807) is 0 Å². The maximum Gasteiger partial charge on any atom is 0.252 e. The van der Waals surface area contributed by atoms with Gasteiger partial charge in [0.1, 0.15) is 0 Å². The number of carbonyl (C=O) groups is 2. The summed E-state index contributed by atoms with van der Waals surface area (Å²) in [5, 5.41) is 2.40. The first-order valence-electron chi connectivity index (χ1n) is 6.15. The maximum atomic E-state index is 13.6. The van der Waals surface area contributed by atoms with Crippen LogP contribution in [-0.4, -0.2) is 21.8 Å². The second kappa shape index (κ2) is 6.29. The van der Waals surface area contributed by atoms with E-state index in [0.717, 1.165) is 0 Å². The van der Waals surface area contributed by atoms with E-state index in [1.165, 1.54) is 12.4 Å². The van der Waals surface area contributed by atoms with Gasteiger partial charge in [0.15, 0.2) is 17.5 Å². The lowest BCUT2D eigenvalue weighted by Gasteiger charge is -2.09. The minimum atomic E-state index is -1.78. The van der Waals surface area contributed by atoms with Crippen LogP contribution in [0.3, 0.4) is 0 Å². The van der Waals surface area contributed by atoms with E-state index in [4.69, 9.17) is 5.73 Å². The van der Waals surface area contributed by atoms with Crippen LogP contribution in [0.15, 0.2) is 18.5 Å². The van der Waals surface area contributed by atoms with E-state index in [-0.39, 0.29) is 24.4 Å². The summed E-state index contributed by atoms with van der Waals surface area (Å²) >= 11 is 0. The number of anilines is 1. The van der Waals surface area contributed by atoms with Crippen molar-refractivity contribution in [1.82, 2.24) is 9.97 Å². The van der Waals surface area contributed by atoms with Gasteiger partial charge in [-0.3, -0.25) is 14.9 Å². The van der Waals surface area contributed by atoms with Crippen LogP contribution in [-0.2, 0) is 11.2 Å². The van der Waals surface area contributed by atoms with E-state index in [0.29, 0.717) is 6.07 Å². The Morgan fingerprint density at radius 3 is 2.59 bits per heavy atom. The topological polar surface area (TPSA) is 101 Å². The van der Waals surface area contributed by atoms with E-state index >= 15 is 0 Å². The molecule has 2 rings (SSSR count). The Bertz CT molecular complexity index is 717. The number of aromatic nitrogens is 2. The van der Waals surface area contributed by atoms with Crippen molar-refractivity contribution < 1.29 is 22.8 Å². The maximum absolute atomic E-state index is 13.6. The predicted octanol–water partition coefficient (Wildman–Crippen LogP) is 1.50. The first-order valence-corrected chi connectivity index (χ1v) is 6.15. The molecule has 2 amide bonds. The van der Waals surface area contributed by atoms with Gasteiger partial charge in [0.2, 0.25) is 11.9 Å². The van der Waals surface area contributed by atoms with Crippen molar-refractivity contribution in [3.05, 3.63) is 47.0 Å². The van der Waals surface area contributed by atoms with Crippen LogP contribution in [0.1, 0.15) is 22.3 Å². The number of nitrogens with two attached hydrogens (primary N) is 1. The fourth-order valence-corrected chi connectivity index (χ4v) is 1.88. The SMILES string of the molecule is NC(=O)c1c(CCC(=O)Nc2ncc[nH]2)cc(F)c(F)c1F. The number of hydrogen-bond donors (Lipinski definition) is 3. The number of nitrogens with zero attached hydrogens (tertiary/aromatic N) is 1. The number of carbonyl (C=O) groups excluding carboxylic acids is 2. The second-order valence-electron chi connectivity index (χ2n) is 4.37. The molecule has 0 bridgehead atoms. The van der Waals surface area contributed by atoms with Crippen LogP contribution >= 0.6 is 0 Å². The zero-order valence-electron chi connectivity index (χ0n) is 11.1. The first-order chi connectivity index (χ1) is 10.4. The van der Waals surface area contributed by atoms with Gasteiger partial charge in [-0.15, -0.1) is 0 Å². The number of primary amides is 1. The van der Waals surface area contributed by atoms with Crippen molar-refractivity contribution in [2.45, 2.75) is 12.8 Å². The summed E-state index contributed by atoms with van der Waals surface area (Å²) in [7, 11) is 0. The highest BCUT2D eigenvalue weighted by molar-refractivity contribution is 5.95. The van der Waals surface area contributed by atoms with E-state index in [2.05, 4.69) is 15.3 Å². The summed E-state index contributed by atoms with van der Waals surface area (Å²) in [4.78, 5) is 29.2. The molecule has 0 fully saturated rings. The Labute approximate surface area is 122 Å². The third-order valence-electron chi connectivity index (χ3n) is 2.87. The van der Waals surface area contributed by atoms with Crippen molar-refractivity contribution in [2.24, 2.45) is 5.73 Å². The number of amides is 2. The molecule has 1 aromatic heterocycles. The highest BCUT2D eigenvalue weighted by Crippen LogP contribution is 2.21. The second-order valence-corrected chi connectivity index (χ2v) is 4.37. The summed E-state index contributed by atoms with van der Waals surface area (Å²) in [5.41, 5.74) is 4.03. The molecule has 0 aliphatic rings. The Kier molecular flexibility index (Phi) is 4.44. The molecular weight excluding hydrogens is 301 g/mol.